The van der Waals surface area contributed by atoms with E-state index in [1.54, 1.807) is 36.4 Å². The number of hydrogen-bond acceptors (Lipinski definition) is 4. The summed E-state index contributed by atoms with van der Waals surface area (Å²) in [5.41, 5.74) is 7.53. The molecule has 2 N–H and O–H groups in total. The van der Waals surface area contributed by atoms with Crippen LogP contribution in [0.1, 0.15) is 0 Å². The first kappa shape index (κ1) is 14.2. The normalized spacial score (nSPS) is 10.8. The predicted molar refractivity (Wildman–Crippen MR) is 84.6 cm³/mol. The van der Waals surface area contributed by atoms with Crippen molar-refractivity contribution in [2.24, 2.45) is 0 Å². The van der Waals surface area contributed by atoms with Gasteiger partial charge in [0.2, 0.25) is 5.82 Å². The van der Waals surface area contributed by atoms with Crippen molar-refractivity contribution in [2.75, 3.05) is 5.73 Å². The van der Waals surface area contributed by atoms with Gasteiger partial charge in [0.25, 0.3) is 5.89 Å². The van der Waals surface area contributed by atoms with Crippen molar-refractivity contribution in [1.29, 1.82) is 0 Å². The molecule has 106 valence electrons. The van der Waals surface area contributed by atoms with Gasteiger partial charge in [-0.3, -0.25) is 0 Å². The van der Waals surface area contributed by atoms with Crippen LogP contribution in [0, 0.1) is 0 Å². The van der Waals surface area contributed by atoms with Crippen LogP contribution in [-0.4, -0.2) is 10.1 Å². The van der Waals surface area contributed by atoms with Crippen LogP contribution in [0.5, 0.6) is 0 Å². The Hall–Kier alpha value is -1.75. The molecule has 0 bridgehead atoms. The Morgan fingerprint density at radius 2 is 1.67 bits per heavy atom. The molecule has 0 saturated carbocycles. The number of nitrogen functional groups attached to an aromatic ring is 1. The highest BCUT2D eigenvalue weighted by Crippen LogP contribution is 2.34. The van der Waals surface area contributed by atoms with E-state index in [9.17, 15) is 0 Å². The van der Waals surface area contributed by atoms with E-state index in [-0.39, 0.29) is 5.89 Å². The summed E-state index contributed by atoms with van der Waals surface area (Å²) in [5, 5.41) is 5.33. The van der Waals surface area contributed by atoms with Crippen LogP contribution in [0.15, 0.2) is 40.9 Å². The molecule has 0 radical (unpaired) electrons. The molecule has 0 unspecified atom stereocenters. The number of hydrogen-bond donors (Lipinski definition) is 1. The quantitative estimate of drug-likeness (QED) is 0.671. The average molecular weight is 341 g/mol. The molecule has 0 spiro atoms. The Balaban J connectivity index is 2.04. The Morgan fingerprint density at radius 1 is 0.952 bits per heavy atom. The highest BCUT2D eigenvalue weighted by molar-refractivity contribution is 6.37. The molecule has 0 aliphatic heterocycles. The molecular weight excluding hydrogens is 333 g/mol. The van der Waals surface area contributed by atoms with Gasteiger partial charge in [-0.25, -0.2) is 0 Å². The van der Waals surface area contributed by atoms with Crippen molar-refractivity contribution >= 4 is 40.5 Å². The monoisotopic (exact) mass is 339 g/mol. The minimum absolute atomic E-state index is 0.252. The molecule has 0 amide bonds. The van der Waals surface area contributed by atoms with E-state index in [4.69, 9.17) is 45.1 Å². The number of halogens is 3. The number of rotatable bonds is 2. The number of nitrogens with two attached hydrogens (primary N) is 1. The van der Waals surface area contributed by atoms with E-state index in [2.05, 4.69) is 10.1 Å². The van der Waals surface area contributed by atoms with Crippen LogP contribution < -0.4 is 5.73 Å². The predicted octanol–water partition coefficient (Wildman–Crippen LogP) is 4.95. The van der Waals surface area contributed by atoms with Crippen LogP contribution in [0.25, 0.3) is 22.8 Å². The fourth-order valence-electron chi connectivity index (χ4n) is 1.81. The maximum Gasteiger partial charge on any atom is 0.260 e. The van der Waals surface area contributed by atoms with Gasteiger partial charge in [-0.15, -0.1) is 0 Å². The van der Waals surface area contributed by atoms with E-state index < -0.39 is 0 Å². The lowest BCUT2D eigenvalue weighted by Crippen LogP contribution is -1.92. The highest BCUT2D eigenvalue weighted by atomic mass is 35.5. The smallest absolute Gasteiger partial charge is 0.260 e. The second kappa shape index (κ2) is 5.56. The summed E-state index contributed by atoms with van der Waals surface area (Å²) >= 11 is 17.8. The van der Waals surface area contributed by atoms with Gasteiger partial charge in [0.1, 0.15) is 0 Å². The molecule has 4 nitrogen and oxygen atoms in total. The van der Waals surface area contributed by atoms with Gasteiger partial charge >= 0.3 is 0 Å². The summed E-state index contributed by atoms with van der Waals surface area (Å²) in [4.78, 5) is 4.31. The molecular formula is C14H8Cl3N3O. The molecule has 7 heteroatoms. The lowest BCUT2D eigenvalue weighted by Gasteiger charge is -2.03. The third-order valence-corrected chi connectivity index (χ3v) is 3.64. The van der Waals surface area contributed by atoms with E-state index in [1.165, 1.54) is 0 Å². The van der Waals surface area contributed by atoms with Gasteiger partial charge in [-0.05, 0) is 36.4 Å². The second-order valence-electron chi connectivity index (χ2n) is 4.28. The minimum Gasteiger partial charge on any atom is -0.397 e. The van der Waals surface area contributed by atoms with Crippen molar-refractivity contribution in [3.8, 4) is 22.8 Å². The molecule has 0 atom stereocenters. The number of anilines is 1. The molecule has 0 fully saturated rings. The maximum absolute atomic E-state index is 6.00. The van der Waals surface area contributed by atoms with Crippen LogP contribution in [-0.2, 0) is 0 Å². The molecule has 21 heavy (non-hydrogen) atoms. The number of nitrogens with zero attached hydrogens (tertiary/aromatic N) is 2. The lowest BCUT2D eigenvalue weighted by atomic mass is 10.2. The van der Waals surface area contributed by atoms with Gasteiger partial charge in [0.15, 0.2) is 0 Å². The fraction of sp³-hybridized carbons (Fsp3) is 0. The van der Waals surface area contributed by atoms with Crippen molar-refractivity contribution in [3.05, 3.63) is 51.5 Å². The Labute approximate surface area is 135 Å². The first-order chi connectivity index (χ1) is 10.0. The fourth-order valence-corrected chi connectivity index (χ4v) is 2.43. The highest BCUT2D eigenvalue weighted by Gasteiger charge is 2.15. The summed E-state index contributed by atoms with van der Waals surface area (Å²) in [6, 6.07) is 10.3. The van der Waals surface area contributed by atoms with Crippen LogP contribution in [0.2, 0.25) is 15.1 Å². The Kier molecular flexibility index (Phi) is 3.76. The van der Waals surface area contributed by atoms with Gasteiger partial charge in [-0.2, -0.15) is 4.98 Å². The average Bonchev–Trinajstić information content (AvgIpc) is 2.93. The second-order valence-corrected chi connectivity index (χ2v) is 5.56. The zero-order valence-electron chi connectivity index (χ0n) is 10.5. The van der Waals surface area contributed by atoms with Crippen molar-refractivity contribution < 1.29 is 4.52 Å². The zero-order chi connectivity index (χ0) is 15.0. The summed E-state index contributed by atoms with van der Waals surface area (Å²) in [6.07, 6.45) is 0. The van der Waals surface area contributed by atoms with Crippen LogP contribution >= 0.6 is 34.8 Å². The number of benzene rings is 2. The van der Waals surface area contributed by atoms with Crippen LogP contribution in [0.4, 0.5) is 5.69 Å². The summed E-state index contributed by atoms with van der Waals surface area (Å²) in [7, 11) is 0. The zero-order valence-corrected chi connectivity index (χ0v) is 12.7. The molecule has 3 aromatic rings. The summed E-state index contributed by atoms with van der Waals surface area (Å²) < 4.78 is 5.23. The molecule has 1 aromatic heterocycles. The SMILES string of the molecule is Nc1c(Cl)cc(Cl)cc1-c1nc(-c2ccc(Cl)cc2)no1. The maximum atomic E-state index is 6.00. The molecule has 0 aliphatic rings. The molecule has 0 aliphatic carbocycles. The molecule has 0 saturated heterocycles. The van der Waals surface area contributed by atoms with Crippen molar-refractivity contribution in [1.82, 2.24) is 10.1 Å². The molecule has 1 heterocycles. The first-order valence-electron chi connectivity index (χ1n) is 5.89. The lowest BCUT2D eigenvalue weighted by molar-refractivity contribution is 0.432. The van der Waals surface area contributed by atoms with Gasteiger partial charge in [0, 0.05) is 15.6 Å². The Bertz CT molecular complexity index is 800. The topological polar surface area (TPSA) is 64.9 Å². The summed E-state index contributed by atoms with van der Waals surface area (Å²) in [5.74, 6) is 0.680. The third-order valence-electron chi connectivity index (χ3n) is 2.85. The standard InChI is InChI=1S/C14H8Cl3N3O/c15-8-3-1-7(2-4-8)13-19-14(21-20-13)10-5-9(16)6-11(17)12(10)18/h1-6H,18H2. The van der Waals surface area contributed by atoms with E-state index in [0.29, 0.717) is 32.1 Å². The number of aromatic nitrogens is 2. The van der Waals surface area contributed by atoms with Gasteiger partial charge in [-0.1, -0.05) is 40.0 Å². The van der Waals surface area contributed by atoms with E-state index >= 15 is 0 Å². The van der Waals surface area contributed by atoms with Crippen molar-refractivity contribution in [3.63, 3.8) is 0 Å². The van der Waals surface area contributed by atoms with E-state index in [1.807, 2.05) is 0 Å². The largest absolute Gasteiger partial charge is 0.397 e. The summed E-state index contributed by atoms with van der Waals surface area (Å²) in [6.45, 7) is 0. The van der Waals surface area contributed by atoms with Gasteiger partial charge in [0.05, 0.1) is 16.3 Å². The first-order valence-corrected chi connectivity index (χ1v) is 7.02. The molecule has 3 rings (SSSR count). The Morgan fingerprint density at radius 3 is 2.38 bits per heavy atom. The van der Waals surface area contributed by atoms with Gasteiger partial charge < -0.3 is 10.3 Å². The molecule has 2 aromatic carbocycles. The van der Waals surface area contributed by atoms with Crippen LogP contribution in [0.3, 0.4) is 0 Å². The van der Waals surface area contributed by atoms with E-state index in [0.717, 1.165) is 5.56 Å². The third kappa shape index (κ3) is 2.83. The van der Waals surface area contributed by atoms with Crippen molar-refractivity contribution in [2.45, 2.75) is 0 Å². The minimum atomic E-state index is 0.252.